The Balaban J connectivity index is 1.86. The van der Waals surface area contributed by atoms with Crippen LogP contribution in [0.2, 0.25) is 0 Å². The maximum absolute atomic E-state index is 12.1. The zero-order valence-electron chi connectivity index (χ0n) is 13.2. The van der Waals surface area contributed by atoms with Crippen molar-refractivity contribution in [3.05, 3.63) is 29.8 Å². The molecule has 0 heterocycles. The SMILES string of the molecule is NC(CC1CCCCC1)C(=O)NCc1cccc(S(N)(=O)=O)c1. The van der Waals surface area contributed by atoms with E-state index in [1.807, 2.05) is 0 Å². The summed E-state index contributed by atoms with van der Waals surface area (Å²) < 4.78 is 22.6. The molecule has 6 nitrogen and oxygen atoms in total. The van der Waals surface area contributed by atoms with Crippen LogP contribution < -0.4 is 16.2 Å². The molecule has 128 valence electrons. The van der Waals surface area contributed by atoms with Gasteiger partial charge in [0, 0.05) is 6.54 Å². The van der Waals surface area contributed by atoms with Gasteiger partial charge in [0.2, 0.25) is 15.9 Å². The van der Waals surface area contributed by atoms with Crippen molar-refractivity contribution >= 4 is 15.9 Å². The first-order valence-electron chi connectivity index (χ1n) is 8.01. The average molecular weight is 339 g/mol. The summed E-state index contributed by atoms with van der Waals surface area (Å²) in [6.07, 6.45) is 6.73. The summed E-state index contributed by atoms with van der Waals surface area (Å²) in [4.78, 5) is 12.1. The van der Waals surface area contributed by atoms with Crippen LogP contribution in [0.25, 0.3) is 0 Å². The zero-order valence-corrected chi connectivity index (χ0v) is 14.0. The number of hydrogen-bond acceptors (Lipinski definition) is 4. The van der Waals surface area contributed by atoms with E-state index < -0.39 is 16.1 Å². The monoisotopic (exact) mass is 339 g/mol. The molecule has 5 N–H and O–H groups in total. The number of carbonyl (C=O) groups is 1. The molecule has 1 amide bonds. The predicted molar refractivity (Wildman–Crippen MR) is 88.8 cm³/mol. The third kappa shape index (κ3) is 5.60. The molecule has 23 heavy (non-hydrogen) atoms. The highest BCUT2D eigenvalue weighted by Gasteiger charge is 2.21. The van der Waals surface area contributed by atoms with Crippen molar-refractivity contribution < 1.29 is 13.2 Å². The van der Waals surface area contributed by atoms with E-state index in [1.54, 1.807) is 12.1 Å². The van der Waals surface area contributed by atoms with Gasteiger partial charge in [0.25, 0.3) is 0 Å². The molecule has 1 saturated carbocycles. The molecule has 1 aromatic rings. The maximum atomic E-state index is 12.1. The Morgan fingerprint density at radius 1 is 1.26 bits per heavy atom. The predicted octanol–water partition coefficient (Wildman–Crippen LogP) is 1.25. The van der Waals surface area contributed by atoms with Gasteiger partial charge in [-0.15, -0.1) is 0 Å². The van der Waals surface area contributed by atoms with E-state index in [4.69, 9.17) is 10.9 Å². The lowest BCUT2D eigenvalue weighted by Crippen LogP contribution is -2.41. The molecule has 1 aliphatic carbocycles. The van der Waals surface area contributed by atoms with Crippen LogP contribution in [0.4, 0.5) is 0 Å². The molecule has 0 spiro atoms. The Morgan fingerprint density at radius 2 is 1.96 bits per heavy atom. The molecule has 7 heteroatoms. The van der Waals surface area contributed by atoms with Crippen molar-refractivity contribution in [2.24, 2.45) is 16.8 Å². The van der Waals surface area contributed by atoms with Gasteiger partial charge in [-0.05, 0) is 30.0 Å². The second-order valence-corrected chi connectivity index (χ2v) is 7.82. The molecule has 0 aromatic heterocycles. The first-order valence-corrected chi connectivity index (χ1v) is 9.56. The van der Waals surface area contributed by atoms with E-state index in [0.717, 1.165) is 12.8 Å². The van der Waals surface area contributed by atoms with Crippen LogP contribution in [0.1, 0.15) is 44.1 Å². The van der Waals surface area contributed by atoms with Crippen LogP contribution in [0.15, 0.2) is 29.2 Å². The van der Waals surface area contributed by atoms with E-state index in [-0.39, 0.29) is 17.3 Å². The van der Waals surface area contributed by atoms with Gasteiger partial charge in [0.05, 0.1) is 10.9 Å². The summed E-state index contributed by atoms with van der Waals surface area (Å²) in [7, 11) is -3.74. The fourth-order valence-electron chi connectivity index (χ4n) is 3.04. The molecule has 1 aliphatic rings. The van der Waals surface area contributed by atoms with Crippen molar-refractivity contribution in [2.45, 2.75) is 56.0 Å². The summed E-state index contributed by atoms with van der Waals surface area (Å²) >= 11 is 0. The molecule has 0 saturated heterocycles. The summed E-state index contributed by atoms with van der Waals surface area (Å²) in [6.45, 7) is 0.237. The van der Waals surface area contributed by atoms with Crippen molar-refractivity contribution in [3.63, 3.8) is 0 Å². The largest absolute Gasteiger partial charge is 0.351 e. The van der Waals surface area contributed by atoms with E-state index >= 15 is 0 Å². The fraction of sp³-hybridized carbons (Fsp3) is 0.562. The Hall–Kier alpha value is -1.44. The zero-order chi connectivity index (χ0) is 16.9. The molecule has 1 unspecified atom stereocenters. The highest BCUT2D eigenvalue weighted by molar-refractivity contribution is 7.89. The number of carbonyl (C=O) groups excluding carboxylic acids is 1. The van der Waals surface area contributed by atoms with E-state index in [1.165, 1.54) is 31.4 Å². The molecule has 1 aromatic carbocycles. The van der Waals surface area contributed by atoms with Gasteiger partial charge >= 0.3 is 0 Å². The number of amides is 1. The average Bonchev–Trinajstić information content (AvgIpc) is 2.53. The van der Waals surface area contributed by atoms with Crippen LogP contribution in [0, 0.1) is 5.92 Å². The van der Waals surface area contributed by atoms with E-state index in [0.29, 0.717) is 17.9 Å². The third-order valence-corrected chi connectivity index (χ3v) is 5.25. The Morgan fingerprint density at radius 3 is 2.61 bits per heavy atom. The van der Waals surface area contributed by atoms with Gasteiger partial charge in [-0.1, -0.05) is 44.2 Å². The minimum Gasteiger partial charge on any atom is -0.351 e. The second kappa shape index (κ2) is 7.90. The van der Waals surface area contributed by atoms with Crippen molar-refractivity contribution in [3.8, 4) is 0 Å². The molecular formula is C16H25N3O3S. The minimum atomic E-state index is -3.74. The normalized spacial score (nSPS) is 17.7. The van der Waals surface area contributed by atoms with Crippen LogP contribution in [0.3, 0.4) is 0 Å². The highest BCUT2D eigenvalue weighted by Crippen LogP contribution is 2.26. The quantitative estimate of drug-likeness (QED) is 0.723. The van der Waals surface area contributed by atoms with Gasteiger partial charge < -0.3 is 11.1 Å². The van der Waals surface area contributed by atoms with Crippen LogP contribution in [-0.4, -0.2) is 20.4 Å². The topological polar surface area (TPSA) is 115 Å². The van der Waals surface area contributed by atoms with Crippen molar-refractivity contribution in [1.29, 1.82) is 0 Å². The first-order chi connectivity index (χ1) is 10.9. The number of nitrogens with one attached hydrogen (secondary N) is 1. The molecule has 0 bridgehead atoms. The number of benzene rings is 1. The van der Waals surface area contributed by atoms with Gasteiger partial charge in [-0.3, -0.25) is 4.79 Å². The number of primary sulfonamides is 1. The molecule has 0 aliphatic heterocycles. The summed E-state index contributed by atoms with van der Waals surface area (Å²) in [5, 5.41) is 7.87. The lowest BCUT2D eigenvalue weighted by Gasteiger charge is -2.24. The van der Waals surface area contributed by atoms with Gasteiger partial charge in [-0.2, -0.15) is 0 Å². The number of sulfonamides is 1. The Bertz CT molecular complexity index is 640. The summed E-state index contributed by atoms with van der Waals surface area (Å²) in [5.41, 5.74) is 6.66. The number of rotatable bonds is 6. The standard InChI is InChI=1S/C16H25N3O3S/c17-15(10-12-5-2-1-3-6-12)16(20)19-11-13-7-4-8-14(9-13)23(18,21)22/h4,7-9,12,15H,1-3,5-6,10-11,17H2,(H,19,20)(H2,18,21,22). The lowest BCUT2D eigenvalue weighted by atomic mass is 9.85. The van der Waals surface area contributed by atoms with Crippen LogP contribution in [-0.2, 0) is 21.4 Å². The highest BCUT2D eigenvalue weighted by atomic mass is 32.2. The van der Waals surface area contributed by atoms with Crippen molar-refractivity contribution in [2.75, 3.05) is 0 Å². The Labute approximate surface area is 137 Å². The maximum Gasteiger partial charge on any atom is 0.238 e. The lowest BCUT2D eigenvalue weighted by molar-refractivity contribution is -0.123. The number of hydrogen-bond donors (Lipinski definition) is 3. The Kier molecular flexibility index (Phi) is 6.15. The van der Waals surface area contributed by atoms with Gasteiger partial charge in [0.15, 0.2) is 0 Å². The molecule has 1 fully saturated rings. The third-order valence-electron chi connectivity index (χ3n) is 4.34. The van der Waals surface area contributed by atoms with E-state index in [9.17, 15) is 13.2 Å². The molecular weight excluding hydrogens is 314 g/mol. The van der Waals surface area contributed by atoms with E-state index in [2.05, 4.69) is 5.32 Å². The second-order valence-electron chi connectivity index (χ2n) is 6.26. The fourth-order valence-corrected chi connectivity index (χ4v) is 3.63. The summed E-state index contributed by atoms with van der Waals surface area (Å²) in [6, 6.07) is 5.71. The van der Waals surface area contributed by atoms with Gasteiger partial charge in [0.1, 0.15) is 0 Å². The molecule has 1 atom stereocenters. The van der Waals surface area contributed by atoms with Crippen LogP contribution >= 0.6 is 0 Å². The smallest absolute Gasteiger partial charge is 0.238 e. The molecule has 2 rings (SSSR count). The summed E-state index contributed by atoms with van der Waals surface area (Å²) in [5.74, 6) is 0.340. The minimum absolute atomic E-state index is 0.0377. The van der Waals surface area contributed by atoms with Crippen LogP contribution in [0.5, 0.6) is 0 Å². The number of nitrogens with two attached hydrogens (primary N) is 2. The van der Waals surface area contributed by atoms with Gasteiger partial charge in [-0.25, -0.2) is 13.6 Å². The van der Waals surface area contributed by atoms with Crippen molar-refractivity contribution in [1.82, 2.24) is 5.32 Å². The molecule has 0 radical (unpaired) electrons. The first kappa shape index (κ1) is 17.9.